The lowest BCUT2D eigenvalue weighted by Gasteiger charge is -2.34. The van der Waals surface area contributed by atoms with Gasteiger partial charge in [0.05, 0.1) is 22.1 Å². The van der Waals surface area contributed by atoms with E-state index in [1.54, 1.807) is 0 Å². The van der Waals surface area contributed by atoms with Crippen molar-refractivity contribution in [2.24, 2.45) is 0 Å². The second-order valence-corrected chi connectivity index (χ2v) is 17.6. The number of rotatable bonds is 8. The van der Waals surface area contributed by atoms with Crippen LogP contribution in [0.3, 0.4) is 0 Å². The number of nitrogens with zero attached hydrogens (tertiary/aromatic N) is 4. The van der Waals surface area contributed by atoms with Crippen LogP contribution >= 0.6 is 0 Å². The van der Waals surface area contributed by atoms with Gasteiger partial charge < -0.3 is 0 Å². The van der Waals surface area contributed by atoms with Crippen molar-refractivity contribution in [3.8, 4) is 34.2 Å². The van der Waals surface area contributed by atoms with Crippen LogP contribution in [0.15, 0.2) is 218 Å². The van der Waals surface area contributed by atoms with E-state index in [-0.39, 0.29) is 0 Å². The Morgan fingerprint density at radius 1 is 0.291 bits per heavy atom. The van der Waals surface area contributed by atoms with Crippen LogP contribution in [0.4, 0.5) is 0 Å². The Bertz CT molecular complexity index is 2680. The summed E-state index contributed by atoms with van der Waals surface area (Å²) >= 11 is 0. The van der Waals surface area contributed by atoms with E-state index < -0.39 is 8.07 Å². The molecule has 55 heavy (non-hydrogen) atoms. The molecule has 0 fully saturated rings. The number of hydrogen-bond donors (Lipinski definition) is 0. The first kappa shape index (κ1) is 32.6. The van der Waals surface area contributed by atoms with Crippen molar-refractivity contribution >= 4 is 50.9 Å². The van der Waals surface area contributed by atoms with Crippen molar-refractivity contribution in [1.29, 1.82) is 0 Å². The molecule has 260 valence electrons. The van der Waals surface area contributed by atoms with Crippen molar-refractivity contribution in [3.63, 3.8) is 0 Å². The molecule has 0 radical (unpaired) electrons. The summed E-state index contributed by atoms with van der Waals surface area (Å²) < 4.78 is 4.54. The van der Waals surface area contributed by atoms with Crippen LogP contribution in [0.5, 0.6) is 0 Å². The summed E-state index contributed by atoms with van der Waals surface area (Å²) in [4.78, 5) is 10.4. The second kappa shape index (κ2) is 13.7. The molecule has 10 aromatic rings. The van der Waals surface area contributed by atoms with E-state index in [1.165, 1.54) is 20.7 Å². The Morgan fingerprint density at radius 3 is 0.982 bits per heavy atom. The monoisotopic (exact) mass is 720 g/mol. The molecule has 8 aromatic carbocycles. The molecule has 0 saturated carbocycles. The molecule has 0 atom stereocenters. The topological polar surface area (TPSA) is 35.6 Å². The number of fused-ring (bicyclic) bond motifs is 2. The average Bonchev–Trinajstić information content (AvgIpc) is 3.86. The predicted molar refractivity (Wildman–Crippen MR) is 230 cm³/mol. The lowest BCUT2D eigenvalue weighted by atomic mass is 10.2. The fourth-order valence-corrected chi connectivity index (χ4v) is 12.9. The molecule has 0 aliphatic carbocycles. The number of hydrogen-bond acceptors (Lipinski definition) is 2. The van der Waals surface area contributed by atoms with E-state index in [2.05, 4.69) is 228 Å². The Morgan fingerprint density at radius 2 is 0.600 bits per heavy atom. The van der Waals surface area contributed by atoms with E-state index in [0.717, 1.165) is 56.2 Å². The quantitative estimate of drug-likeness (QED) is 0.116. The van der Waals surface area contributed by atoms with E-state index in [4.69, 9.17) is 9.97 Å². The fourth-order valence-electron chi connectivity index (χ4n) is 8.23. The van der Waals surface area contributed by atoms with Crippen LogP contribution in [-0.2, 0) is 0 Å². The molecule has 0 bridgehead atoms. The predicted octanol–water partition coefficient (Wildman–Crippen LogP) is 9.08. The zero-order valence-electron chi connectivity index (χ0n) is 30.1. The third kappa shape index (κ3) is 5.52. The Hall–Kier alpha value is -7.08. The normalized spacial score (nSPS) is 11.6. The van der Waals surface area contributed by atoms with Crippen LogP contribution in [0, 0.1) is 0 Å². The highest BCUT2D eigenvalue weighted by Gasteiger charge is 2.41. The molecule has 0 spiro atoms. The highest BCUT2D eigenvalue weighted by atomic mass is 28.3. The van der Waals surface area contributed by atoms with Gasteiger partial charge in [-0.1, -0.05) is 170 Å². The SMILES string of the molecule is c1ccc(-n2c(-c3ccc([Si](c4ccccc4)(c4ccccc4)c4ccc(-c5nc6ccccc6n5-c5ccccc5)cc4)cc3)nc3ccccc32)cc1. The summed E-state index contributed by atoms with van der Waals surface area (Å²) in [5, 5.41) is 5.27. The summed E-state index contributed by atoms with van der Waals surface area (Å²) in [5.74, 6) is 1.85. The molecule has 4 nitrogen and oxygen atoms in total. The molecule has 0 aliphatic heterocycles. The Balaban J connectivity index is 1.15. The molecule has 0 aliphatic rings. The molecule has 0 unspecified atom stereocenters. The molecule has 2 aromatic heterocycles. The molecule has 10 rings (SSSR count). The maximum absolute atomic E-state index is 5.18. The second-order valence-electron chi connectivity index (χ2n) is 13.8. The van der Waals surface area contributed by atoms with Gasteiger partial charge in [-0.15, -0.1) is 0 Å². The van der Waals surface area contributed by atoms with E-state index in [9.17, 15) is 0 Å². The largest absolute Gasteiger partial charge is 0.292 e. The van der Waals surface area contributed by atoms with Crippen LogP contribution in [0.1, 0.15) is 0 Å². The summed E-state index contributed by atoms with van der Waals surface area (Å²) in [6.07, 6.45) is 0. The number of imidazole rings is 2. The minimum atomic E-state index is -2.82. The minimum Gasteiger partial charge on any atom is -0.292 e. The smallest absolute Gasteiger partial charge is 0.179 e. The highest BCUT2D eigenvalue weighted by Crippen LogP contribution is 2.30. The highest BCUT2D eigenvalue weighted by molar-refractivity contribution is 7.19. The Kier molecular flexibility index (Phi) is 8.12. The van der Waals surface area contributed by atoms with Crippen molar-refractivity contribution in [3.05, 3.63) is 218 Å². The summed E-state index contributed by atoms with van der Waals surface area (Å²) in [6, 6.07) is 78.4. The summed E-state index contributed by atoms with van der Waals surface area (Å²) in [7, 11) is -2.82. The number of aromatic nitrogens is 4. The minimum absolute atomic E-state index is 0.927. The van der Waals surface area contributed by atoms with Crippen LogP contribution in [-0.4, -0.2) is 27.2 Å². The number of benzene rings is 8. The van der Waals surface area contributed by atoms with Gasteiger partial charge in [0.1, 0.15) is 11.6 Å². The molecule has 0 amide bonds. The first-order valence-electron chi connectivity index (χ1n) is 18.7. The van der Waals surface area contributed by atoms with Gasteiger partial charge in [0.2, 0.25) is 0 Å². The molecular weight excluding hydrogens is 685 g/mol. The third-order valence-corrected chi connectivity index (χ3v) is 15.5. The zero-order valence-corrected chi connectivity index (χ0v) is 31.1. The zero-order chi connectivity index (χ0) is 36.6. The van der Waals surface area contributed by atoms with E-state index in [1.807, 2.05) is 0 Å². The summed E-state index contributed by atoms with van der Waals surface area (Å²) in [6.45, 7) is 0. The fraction of sp³-hybridized carbons (Fsp3) is 0. The van der Waals surface area contributed by atoms with Gasteiger partial charge in [0.25, 0.3) is 0 Å². The van der Waals surface area contributed by atoms with Crippen molar-refractivity contribution in [2.75, 3.05) is 0 Å². The number of para-hydroxylation sites is 6. The van der Waals surface area contributed by atoms with Crippen molar-refractivity contribution < 1.29 is 0 Å². The molecule has 0 saturated heterocycles. The van der Waals surface area contributed by atoms with Gasteiger partial charge in [0, 0.05) is 22.5 Å². The first-order chi connectivity index (χ1) is 27.3. The van der Waals surface area contributed by atoms with Gasteiger partial charge in [0.15, 0.2) is 8.07 Å². The van der Waals surface area contributed by atoms with Crippen LogP contribution in [0.2, 0.25) is 0 Å². The van der Waals surface area contributed by atoms with Crippen molar-refractivity contribution in [1.82, 2.24) is 19.1 Å². The third-order valence-electron chi connectivity index (χ3n) is 10.7. The van der Waals surface area contributed by atoms with E-state index in [0.29, 0.717) is 0 Å². The lowest BCUT2D eigenvalue weighted by molar-refractivity contribution is 1.10. The van der Waals surface area contributed by atoms with Gasteiger partial charge >= 0.3 is 0 Å². The van der Waals surface area contributed by atoms with Gasteiger partial charge in [-0.2, -0.15) is 0 Å². The van der Waals surface area contributed by atoms with Gasteiger partial charge in [-0.05, 0) is 69.3 Å². The molecule has 5 heteroatoms. The molecular formula is C50H36N4Si. The van der Waals surface area contributed by atoms with Crippen LogP contribution < -0.4 is 20.7 Å². The summed E-state index contributed by atoms with van der Waals surface area (Å²) in [5.41, 5.74) is 8.46. The molecule has 2 heterocycles. The lowest BCUT2D eigenvalue weighted by Crippen LogP contribution is -2.74. The van der Waals surface area contributed by atoms with Gasteiger partial charge in [-0.25, -0.2) is 9.97 Å². The maximum Gasteiger partial charge on any atom is 0.179 e. The van der Waals surface area contributed by atoms with E-state index >= 15 is 0 Å². The maximum atomic E-state index is 5.18. The van der Waals surface area contributed by atoms with Crippen LogP contribution in [0.25, 0.3) is 56.2 Å². The standard InChI is InChI=1S/C50H36N4Si/c1-5-17-39(18-6-1)53-47-27-15-13-25-45(47)51-49(53)37-29-33-43(34-30-37)55(41-21-9-3-10-22-41,42-23-11-4-12-24-42)44-35-31-38(32-36-44)50-52-46-26-14-16-28-48(46)54(50)40-19-7-2-8-20-40/h1-36H. The first-order valence-corrected chi connectivity index (χ1v) is 20.7. The Labute approximate surface area is 321 Å². The average molecular weight is 721 g/mol. The molecule has 0 N–H and O–H groups in total. The van der Waals surface area contributed by atoms with Gasteiger partial charge in [-0.3, -0.25) is 9.13 Å². The van der Waals surface area contributed by atoms with Crippen molar-refractivity contribution in [2.45, 2.75) is 0 Å².